The van der Waals surface area contributed by atoms with Crippen LogP contribution in [0, 0.1) is 5.41 Å². The molecule has 0 amide bonds. The first-order valence-electron chi connectivity index (χ1n) is 9.70. The van der Waals surface area contributed by atoms with Crippen molar-refractivity contribution in [3.05, 3.63) is 35.4 Å². The van der Waals surface area contributed by atoms with Crippen LogP contribution in [0.25, 0.3) is 0 Å². The molecular formula is C22H36N2O. The van der Waals surface area contributed by atoms with E-state index in [2.05, 4.69) is 70.1 Å². The molecule has 25 heavy (non-hydrogen) atoms. The summed E-state index contributed by atoms with van der Waals surface area (Å²) in [6.07, 6.45) is 6.75. The van der Waals surface area contributed by atoms with Crippen LogP contribution in [0.2, 0.25) is 0 Å². The summed E-state index contributed by atoms with van der Waals surface area (Å²) in [6.45, 7) is 13.1. The van der Waals surface area contributed by atoms with Crippen molar-refractivity contribution in [1.82, 2.24) is 4.90 Å². The van der Waals surface area contributed by atoms with Crippen molar-refractivity contribution in [2.75, 3.05) is 20.3 Å². The highest BCUT2D eigenvalue weighted by Crippen LogP contribution is 2.37. The summed E-state index contributed by atoms with van der Waals surface area (Å²) < 4.78 is 5.42. The molecule has 1 aliphatic rings. The van der Waals surface area contributed by atoms with Crippen molar-refractivity contribution in [2.24, 2.45) is 10.4 Å². The predicted octanol–water partition coefficient (Wildman–Crippen LogP) is 5.04. The van der Waals surface area contributed by atoms with E-state index in [1.807, 2.05) is 0 Å². The van der Waals surface area contributed by atoms with Crippen LogP contribution in [0.15, 0.2) is 29.3 Å². The number of benzene rings is 1. The first kappa shape index (κ1) is 20.0. The maximum absolute atomic E-state index is 5.42. The molecule has 0 saturated heterocycles. The standard InChI is InChI=1S/C22H36N2O/c1-7-14-22(5)19-13-9-8-11-18(19)12-10-15-24(22)17-23-20(16-25-6)21(2,3)4/h8-9,11,13,17,20H,7,10,12,14-16H2,1-6H3/t20-,22+/m1/s1. The first-order valence-corrected chi connectivity index (χ1v) is 9.70. The quantitative estimate of drug-likeness (QED) is 0.533. The van der Waals surface area contributed by atoms with E-state index in [-0.39, 0.29) is 17.0 Å². The topological polar surface area (TPSA) is 24.8 Å². The number of hydrogen-bond acceptors (Lipinski definition) is 2. The third-order valence-corrected chi connectivity index (χ3v) is 5.52. The summed E-state index contributed by atoms with van der Waals surface area (Å²) in [5, 5.41) is 0. The van der Waals surface area contributed by atoms with Crippen molar-refractivity contribution in [3.63, 3.8) is 0 Å². The fraction of sp³-hybridized carbons (Fsp3) is 0.682. The molecule has 3 nitrogen and oxygen atoms in total. The van der Waals surface area contributed by atoms with Gasteiger partial charge < -0.3 is 9.64 Å². The third kappa shape index (κ3) is 4.63. The average molecular weight is 345 g/mol. The normalized spacial score (nSPS) is 22.7. The molecule has 3 heteroatoms. The van der Waals surface area contributed by atoms with Crippen LogP contribution < -0.4 is 0 Å². The molecule has 1 aromatic rings. The Balaban J connectivity index is 2.36. The van der Waals surface area contributed by atoms with E-state index in [1.54, 1.807) is 7.11 Å². The van der Waals surface area contributed by atoms with Gasteiger partial charge in [-0.2, -0.15) is 0 Å². The Morgan fingerprint density at radius 2 is 2.04 bits per heavy atom. The SMILES string of the molecule is CCC[C@@]1(C)c2ccccc2CCCN1C=N[C@H](COC)C(C)(C)C. The number of nitrogens with zero attached hydrogens (tertiary/aromatic N) is 2. The van der Waals surface area contributed by atoms with Crippen molar-refractivity contribution in [1.29, 1.82) is 0 Å². The van der Waals surface area contributed by atoms with Gasteiger partial charge >= 0.3 is 0 Å². The molecule has 0 fully saturated rings. The summed E-state index contributed by atoms with van der Waals surface area (Å²) in [5.41, 5.74) is 3.08. The fourth-order valence-electron chi connectivity index (χ4n) is 3.89. The van der Waals surface area contributed by atoms with Gasteiger partial charge in [0.05, 0.1) is 24.5 Å². The van der Waals surface area contributed by atoms with Crippen LogP contribution in [0.5, 0.6) is 0 Å². The predicted molar refractivity (Wildman–Crippen MR) is 107 cm³/mol. The van der Waals surface area contributed by atoms with Gasteiger partial charge in [-0.3, -0.25) is 4.99 Å². The highest BCUT2D eigenvalue weighted by atomic mass is 16.5. The monoisotopic (exact) mass is 344 g/mol. The Bertz CT molecular complexity index is 576. The lowest BCUT2D eigenvalue weighted by atomic mass is 9.83. The zero-order valence-corrected chi connectivity index (χ0v) is 17.0. The molecule has 0 bridgehead atoms. The zero-order valence-electron chi connectivity index (χ0n) is 17.0. The molecule has 1 heterocycles. The molecule has 140 valence electrons. The molecular weight excluding hydrogens is 308 g/mol. The van der Waals surface area contributed by atoms with E-state index >= 15 is 0 Å². The molecule has 0 aromatic heterocycles. The second kappa shape index (κ2) is 8.35. The molecule has 0 unspecified atom stereocenters. The number of hydrogen-bond donors (Lipinski definition) is 0. The summed E-state index contributed by atoms with van der Waals surface area (Å²) in [7, 11) is 1.76. The maximum atomic E-state index is 5.42. The van der Waals surface area contributed by atoms with Crippen molar-refractivity contribution >= 4 is 6.34 Å². The molecule has 0 spiro atoms. The van der Waals surface area contributed by atoms with Gasteiger partial charge in [0.25, 0.3) is 0 Å². The molecule has 0 saturated carbocycles. The van der Waals surface area contributed by atoms with E-state index in [0.29, 0.717) is 6.61 Å². The molecule has 0 radical (unpaired) electrons. The molecule has 1 aromatic carbocycles. The van der Waals surface area contributed by atoms with E-state index in [0.717, 1.165) is 25.8 Å². The van der Waals surface area contributed by atoms with Crippen LogP contribution in [-0.4, -0.2) is 37.5 Å². The highest BCUT2D eigenvalue weighted by molar-refractivity contribution is 5.58. The summed E-state index contributed by atoms with van der Waals surface area (Å²) >= 11 is 0. The third-order valence-electron chi connectivity index (χ3n) is 5.52. The van der Waals surface area contributed by atoms with Crippen molar-refractivity contribution in [3.8, 4) is 0 Å². The van der Waals surface area contributed by atoms with Gasteiger partial charge in [-0.25, -0.2) is 0 Å². The number of aryl methyl sites for hydroxylation is 1. The Morgan fingerprint density at radius 3 is 2.68 bits per heavy atom. The van der Waals surface area contributed by atoms with Crippen LogP contribution in [0.3, 0.4) is 0 Å². The van der Waals surface area contributed by atoms with Gasteiger partial charge in [0.15, 0.2) is 0 Å². The molecule has 2 atom stereocenters. The summed E-state index contributed by atoms with van der Waals surface area (Å²) in [6, 6.07) is 9.13. The number of aliphatic imine (C=N–C) groups is 1. The number of fused-ring (bicyclic) bond motifs is 1. The van der Waals surface area contributed by atoms with Gasteiger partial charge in [0.2, 0.25) is 0 Å². The smallest absolute Gasteiger partial charge is 0.0861 e. The van der Waals surface area contributed by atoms with Crippen molar-refractivity contribution in [2.45, 2.75) is 71.9 Å². The van der Waals surface area contributed by atoms with E-state index in [4.69, 9.17) is 9.73 Å². The van der Waals surface area contributed by atoms with Crippen LogP contribution in [-0.2, 0) is 16.7 Å². The number of rotatable bonds is 6. The highest BCUT2D eigenvalue weighted by Gasteiger charge is 2.35. The zero-order chi connectivity index (χ0) is 18.5. The van der Waals surface area contributed by atoms with E-state index in [9.17, 15) is 0 Å². The van der Waals surface area contributed by atoms with Crippen LogP contribution in [0.4, 0.5) is 0 Å². The molecule has 0 N–H and O–H groups in total. The second-order valence-corrected chi connectivity index (χ2v) is 8.58. The Morgan fingerprint density at radius 1 is 1.32 bits per heavy atom. The average Bonchev–Trinajstić information content (AvgIpc) is 2.68. The lowest BCUT2D eigenvalue weighted by Crippen LogP contribution is -2.43. The Labute approximate surface area is 154 Å². The molecule has 2 rings (SSSR count). The van der Waals surface area contributed by atoms with Crippen LogP contribution in [0.1, 0.15) is 65.0 Å². The fourth-order valence-corrected chi connectivity index (χ4v) is 3.89. The van der Waals surface area contributed by atoms with Gasteiger partial charge in [-0.1, -0.05) is 58.4 Å². The minimum absolute atomic E-state index is 0.0147. The van der Waals surface area contributed by atoms with Crippen LogP contribution >= 0.6 is 0 Å². The minimum atomic E-state index is 0.0147. The number of methoxy groups -OCH3 is 1. The van der Waals surface area contributed by atoms with Crippen molar-refractivity contribution < 1.29 is 4.74 Å². The summed E-state index contributed by atoms with van der Waals surface area (Å²) in [4.78, 5) is 7.46. The largest absolute Gasteiger partial charge is 0.382 e. The minimum Gasteiger partial charge on any atom is -0.382 e. The maximum Gasteiger partial charge on any atom is 0.0861 e. The Kier molecular flexibility index (Phi) is 6.67. The lowest BCUT2D eigenvalue weighted by molar-refractivity contribution is 0.133. The lowest BCUT2D eigenvalue weighted by Gasteiger charge is -2.41. The van der Waals surface area contributed by atoms with E-state index < -0.39 is 0 Å². The van der Waals surface area contributed by atoms with Gasteiger partial charge in [-0.15, -0.1) is 0 Å². The van der Waals surface area contributed by atoms with E-state index in [1.165, 1.54) is 17.5 Å². The second-order valence-electron chi connectivity index (χ2n) is 8.58. The Hall–Kier alpha value is -1.35. The molecule has 0 aliphatic carbocycles. The number of ether oxygens (including phenoxy) is 1. The molecule has 1 aliphatic heterocycles. The van der Waals surface area contributed by atoms with Gasteiger partial charge in [-0.05, 0) is 42.7 Å². The summed E-state index contributed by atoms with van der Waals surface area (Å²) in [5.74, 6) is 0. The van der Waals surface area contributed by atoms with Gasteiger partial charge in [0.1, 0.15) is 0 Å². The first-order chi connectivity index (χ1) is 11.8. The van der Waals surface area contributed by atoms with Gasteiger partial charge in [0, 0.05) is 13.7 Å².